The number of aromatic nitrogens is 3. The summed E-state index contributed by atoms with van der Waals surface area (Å²) in [4.78, 5) is 4.10. The molecule has 0 amide bonds. The minimum Gasteiger partial charge on any atom is -0.289 e. The summed E-state index contributed by atoms with van der Waals surface area (Å²) in [5, 5.41) is 3.97. The number of halogens is 2. The zero-order valence-corrected chi connectivity index (χ0v) is 15.2. The average molecular weight is 491 g/mol. The molecule has 0 unspecified atom stereocenters. The molecule has 0 aliphatic carbocycles. The molecular formula is C17H14F2IrN3-. The van der Waals surface area contributed by atoms with Gasteiger partial charge in [-0.1, -0.05) is 52.1 Å². The van der Waals surface area contributed by atoms with Crippen molar-refractivity contribution in [2.24, 2.45) is 7.05 Å². The summed E-state index contributed by atoms with van der Waals surface area (Å²) in [5.41, 5.74) is 3.11. The van der Waals surface area contributed by atoms with Gasteiger partial charge in [-0.25, -0.2) is 8.78 Å². The molecular weight excluding hydrogens is 476 g/mol. The van der Waals surface area contributed by atoms with Crippen molar-refractivity contribution < 1.29 is 28.9 Å². The molecule has 0 N–H and O–H groups in total. The summed E-state index contributed by atoms with van der Waals surface area (Å²) in [6.07, 6.45) is 1.35. The van der Waals surface area contributed by atoms with Crippen molar-refractivity contribution in [2.75, 3.05) is 0 Å². The van der Waals surface area contributed by atoms with Crippen LogP contribution in [0.5, 0.6) is 0 Å². The van der Waals surface area contributed by atoms with E-state index >= 15 is 0 Å². The zero-order chi connectivity index (χ0) is 15.9. The fourth-order valence-electron chi connectivity index (χ4n) is 2.66. The second-order valence-corrected chi connectivity index (χ2v) is 5.19. The Morgan fingerprint density at radius 3 is 2.30 bits per heavy atom. The summed E-state index contributed by atoms with van der Waals surface area (Å²) < 4.78 is 29.7. The predicted molar refractivity (Wildman–Crippen MR) is 80.1 cm³/mol. The fourth-order valence-corrected chi connectivity index (χ4v) is 2.66. The van der Waals surface area contributed by atoms with Gasteiger partial charge in [-0.15, -0.1) is 6.07 Å². The van der Waals surface area contributed by atoms with E-state index in [9.17, 15) is 8.78 Å². The summed E-state index contributed by atoms with van der Waals surface area (Å²) >= 11 is 0. The van der Waals surface area contributed by atoms with Crippen molar-refractivity contribution in [3.8, 4) is 22.5 Å². The molecule has 1 aromatic heterocycles. The van der Waals surface area contributed by atoms with Crippen LogP contribution in [0, 0.1) is 31.5 Å². The molecule has 3 rings (SSSR count). The molecule has 0 aliphatic heterocycles. The van der Waals surface area contributed by atoms with Crippen molar-refractivity contribution >= 4 is 0 Å². The van der Waals surface area contributed by atoms with Crippen molar-refractivity contribution in [1.29, 1.82) is 0 Å². The second-order valence-electron chi connectivity index (χ2n) is 5.19. The van der Waals surface area contributed by atoms with Gasteiger partial charge in [0.25, 0.3) is 0 Å². The van der Waals surface area contributed by atoms with Crippen LogP contribution in [0.3, 0.4) is 0 Å². The van der Waals surface area contributed by atoms with Crippen molar-refractivity contribution in [3.05, 3.63) is 59.4 Å². The standard InChI is InChI=1S/C17H14F2N3.Ir/c1-10-5-4-6-11(2)15(10)16-13(7-12(18)8-14(16)19)17-20-9-21-22(17)3;/h4-6,8-9H,1-3H3;/q-1;. The molecule has 23 heavy (non-hydrogen) atoms. The van der Waals surface area contributed by atoms with E-state index in [0.717, 1.165) is 22.8 Å². The van der Waals surface area contributed by atoms with Crippen LogP contribution in [0.2, 0.25) is 0 Å². The number of benzene rings is 2. The quantitative estimate of drug-likeness (QED) is 0.511. The van der Waals surface area contributed by atoms with Gasteiger partial charge < -0.3 is 0 Å². The second kappa shape index (κ2) is 6.69. The Bertz CT molecular complexity index is 839. The van der Waals surface area contributed by atoms with E-state index in [4.69, 9.17) is 0 Å². The summed E-state index contributed by atoms with van der Waals surface area (Å²) in [5.74, 6) is -1.02. The fraction of sp³-hybridized carbons (Fsp3) is 0.176. The molecule has 0 bridgehead atoms. The summed E-state index contributed by atoms with van der Waals surface area (Å²) in [6, 6.07) is 9.12. The molecule has 3 nitrogen and oxygen atoms in total. The molecule has 1 radical (unpaired) electrons. The van der Waals surface area contributed by atoms with Gasteiger partial charge in [0.1, 0.15) is 6.33 Å². The van der Waals surface area contributed by atoms with Crippen LogP contribution < -0.4 is 0 Å². The van der Waals surface area contributed by atoms with Gasteiger partial charge in [0.2, 0.25) is 0 Å². The van der Waals surface area contributed by atoms with Gasteiger partial charge in [-0.05, 0) is 13.8 Å². The van der Waals surface area contributed by atoms with E-state index in [-0.39, 0.29) is 25.7 Å². The molecule has 121 valence electrons. The maximum atomic E-state index is 14.6. The average Bonchev–Trinajstić information content (AvgIpc) is 2.86. The Hall–Kier alpha value is -1.91. The Kier molecular flexibility index (Phi) is 5.07. The van der Waals surface area contributed by atoms with E-state index in [1.165, 1.54) is 11.0 Å². The molecule has 0 spiro atoms. The van der Waals surface area contributed by atoms with Gasteiger partial charge in [0.15, 0.2) is 0 Å². The Morgan fingerprint density at radius 2 is 1.74 bits per heavy atom. The minimum absolute atomic E-state index is 0. The van der Waals surface area contributed by atoms with E-state index in [1.54, 1.807) is 7.05 Å². The van der Waals surface area contributed by atoms with Crippen LogP contribution in [-0.4, -0.2) is 14.8 Å². The van der Waals surface area contributed by atoms with Gasteiger partial charge in [-0.3, -0.25) is 9.67 Å². The van der Waals surface area contributed by atoms with E-state index in [2.05, 4.69) is 16.1 Å². The van der Waals surface area contributed by atoms with E-state index in [1.807, 2.05) is 32.0 Å². The maximum Gasteiger partial charge on any atom is 0.127 e. The van der Waals surface area contributed by atoms with E-state index in [0.29, 0.717) is 11.4 Å². The molecule has 3 aromatic rings. The van der Waals surface area contributed by atoms with Gasteiger partial charge in [0.05, 0.1) is 11.6 Å². The van der Waals surface area contributed by atoms with Crippen LogP contribution in [0.4, 0.5) is 8.78 Å². The van der Waals surface area contributed by atoms with Crippen LogP contribution in [0.1, 0.15) is 11.1 Å². The normalized spacial score (nSPS) is 10.5. The topological polar surface area (TPSA) is 30.7 Å². The van der Waals surface area contributed by atoms with Crippen LogP contribution in [0.15, 0.2) is 30.6 Å². The molecule has 2 aromatic carbocycles. The third kappa shape index (κ3) is 3.09. The predicted octanol–water partition coefficient (Wildman–Crippen LogP) is 3.84. The van der Waals surface area contributed by atoms with Crippen molar-refractivity contribution in [3.63, 3.8) is 0 Å². The Labute approximate surface area is 146 Å². The molecule has 0 saturated carbocycles. The van der Waals surface area contributed by atoms with Crippen LogP contribution in [-0.2, 0) is 27.2 Å². The first kappa shape index (κ1) is 17.4. The SMILES string of the molecule is Cc1cccc(C)c1-c1c(-c2ncnn2C)[c-]c(F)cc1F.[Ir]. The van der Waals surface area contributed by atoms with Crippen molar-refractivity contribution in [1.82, 2.24) is 14.8 Å². The van der Waals surface area contributed by atoms with Crippen molar-refractivity contribution in [2.45, 2.75) is 13.8 Å². The largest absolute Gasteiger partial charge is 0.289 e. The number of hydrogen-bond acceptors (Lipinski definition) is 2. The monoisotopic (exact) mass is 491 g/mol. The third-order valence-corrected chi connectivity index (χ3v) is 3.65. The minimum atomic E-state index is -0.759. The number of nitrogens with zero attached hydrogens (tertiary/aromatic N) is 3. The zero-order valence-electron chi connectivity index (χ0n) is 12.8. The van der Waals surface area contributed by atoms with Crippen LogP contribution >= 0.6 is 0 Å². The Balaban J connectivity index is 0.00000192. The van der Waals surface area contributed by atoms with Gasteiger partial charge in [0, 0.05) is 33.0 Å². The summed E-state index contributed by atoms with van der Waals surface area (Å²) in [7, 11) is 1.67. The van der Waals surface area contributed by atoms with Gasteiger partial charge in [-0.2, -0.15) is 5.10 Å². The molecule has 0 atom stereocenters. The number of aryl methyl sites for hydroxylation is 3. The Morgan fingerprint density at radius 1 is 1.09 bits per heavy atom. The van der Waals surface area contributed by atoms with E-state index < -0.39 is 11.6 Å². The first-order valence-corrected chi connectivity index (χ1v) is 6.81. The first-order valence-electron chi connectivity index (χ1n) is 6.81. The smallest absolute Gasteiger partial charge is 0.127 e. The number of rotatable bonds is 2. The molecule has 1 heterocycles. The van der Waals surface area contributed by atoms with Gasteiger partial charge >= 0.3 is 0 Å². The number of hydrogen-bond donors (Lipinski definition) is 0. The first-order chi connectivity index (χ1) is 10.5. The third-order valence-electron chi connectivity index (χ3n) is 3.65. The molecule has 0 saturated heterocycles. The molecule has 0 aliphatic rings. The molecule has 0 fully saturated rings. The summed E-state index contributed by atoms with van der Waals surface area (Å²) in [6.45, 7) is 3.79. The van der Waals surface area contributed by atoms with Crippen LogP contribution in [0.25, 0.3) is 22.5 Å². The maximum absolute atomic E-state index is 14.6. The molecule has 6 heteroatoms.